The number of hydrogen-bond acceptors (Lipinski definition) is 6. The van der Waals surface area contributed by atoms with Crippen molar-refractivity contribution in [2.45, 2.75) is 123 Å². The van der Waals surface area contributed by atoms with Crippen molar-refractivity contribution in [1.29, 1.82) is 0 Å². The Morgan fingerprint density at radius 3 is 2.03 bits per heavy atom. The first kappa shape index (κ1) is 29.9. The lowest BCUT2D eigenvalue weighted by Crippen LogP contribution is -2.64. The first-order chi connectivity index (χ1) is 15.5. The van der Waals surface area contributed by atoms with Gasteiger partial charge < -0.3 is 19.5 Å². The van der Waals surface area contributed by atoms with E-state index in [1.165, 1.54) is 11.8 Å². The van der Waals surface area contributed by atoms with Crippen LogP contribution in [-0.2, 0) is 23.8 Å². The first-order valence-corrected chi connectivity index (χ1v) is 12.2. The lowest BCUT2D eigenvalue weighted by molar-refractivity contribution is -0.161. The van der Waals surface area contributed by atoms with E-state index >= 15 is 0 Å². The molecule has 1 aliphatic rings. The maximum atomic E-state index is 13.6. The van der Waals surface area contributed by atoms with Crippen molar-refractivity contribution in [3.63, 3.8) is 0 Å². The van der Waals surface area contributed by atoms with Gasteiger partial charge in [0.25, 0.3) is 0 Å². The summed E-state index contributed by atoms with van der Waals surface area (Å²) in [7, 11) is 1.60. The van der Waals surface area contributed by atoms with Gasteiger partial charge in [-0.2, -0.15) is 0 Å². The molecule has 0 aromatic heterocycles. The third-order valence-corrected chi connectivity index (χ3v) is 5.88. The molecular weight excluding hydrogens is 436 g/mol. The van der Waals surface area contributed by atoms with Gasteiger partial charge in [0.15, 0.2) is 0 Å². The predicted molar refractivity (Wildman–Crippen MR) is 132 cm³/mol. The SMILES string of the molecule is C/C=C\[C@@H]1C[C@H](C(=O)OC(C)(C)C)N(C(=O)OC(C)(C)C)[C@H]1[C@@H](NC(C)=O)[C@](C)(CCC)OC. The van der Waals surface area contributed by atoms with Crippen LogP contribution in [0.25, 0.3) is 0 Å². The minimum Gasteiger partial charge on any atom is -0.458 e. The van der Waals surface area contributed by atoms with E-state index in [0.29, 0.717) is 12.8 Å². The van der Waals surface area contributed by atoms with Crippen molar-refractivity contribution in [1.82, 2.24) is 10.2 Å². The summed E-state index contributed by atoms with van der Waals surface area (Å²) in [6.07, 6.45) is 5.06. The summed E-state index contributed by atoms with van der Waals surface area (Å²) in [5.41, 5.74) is -2.27. The average molecular weight is 483 g/mol. The molecule has 1 rings (SSSR count). The van der Waals surface area contributed by atoms with E-state index in [-0.39, 0.29) is 11.8 Å². The third kappa shape index (κ3) is 8.00. The third-order valence-electron chi connectivity index (χ3n) is 5.88. The number of nitrogens with zero attached hydrogens (tertiary/aromatic N) is 1. The average Bonchev–Trinajstić information content (AvgIpc) is 3.03. The molecule has 1 saturated heterocycles. The number of allylic oxidation sites excluding steroid dienone is 1. The first-order valence-electron chi connectivity index (χ1n) is 12.2. The van der Waals surface area contributed by atoms with Crippen LogP contribution in [0.2, 0.25) is 0 Å². The van der Waals surface area contributed by atoms with E-state index in [1.807, 2.05) is 32.9 Å². The fourth-order valence-electron chi connectivity index (χ4n) is 4.61. The molecule has 1 heterocycles. The molecule has 8 nitrogen and oxygen atoms in total. The Morgan fingerprint density at radius 1 is 1.06 bits per heavy atom. The maximum Gasteiger partial charge on any atom is 0.411 e. The smallest absolute Gasteiger partial charge is 0.411 e. The van der Waals surface area contributed by atoms with Crippen LogP contribution in [0.5, 0.6) is 0 Å². The summed E-state index contributed by atoms with van der Waals surface area (Å²) in [4.78, 5) is 40.7. The van der Waals surface area contributed by atoms with Crippen LogP contribution < -0.4 is 5.32 Å². The molecule has 0 aromatic rings. The maximum absolute atomic E-state index is 13.6. The molecule has 1 N–H and O–H groups in total. The largest absolute Gasteiger partial charge is 0.458 e. The number of rotatable bonds is 8. The second-order valence-electron chi connectivity index (χ2n) is 11.3. The molecule has 34 heavy (non-hydrogen) atoms. The lowest BCUT2D eigenvalue weighted by atomic mass is 9.81. The van der Waals surface area contributed by atoms with E-state index in [2.05, 4.69) is 5.32 Å². The van der Waals surface area contributed by atoms with Gasteiger partial charge in [-0.05, 0) is 68.2 Å². The molecular formula is C26H46N2O6. The molecule has 0 aromatic carbocycles. The summed E-state index contributed by atoms with van der Waals surface area (Å²) in [6, 6.07) is -2.03. The number of carbonyl (C=O) groups is 3. The molecule has 0 spiro atoms. The van der Waals surface area contributed by atoms with Gasteiger partial charge in [0, 0.05) is 20.0 Å². The Hall–Kier alpha value is -2.09. The Kier molecular flexibility index (Phi) is 10.2. The van der Waals surface area contributed by atoms with Crippen molar-refractivity contribution in [2.24, 2.45) is 5.92 Å². The van der Waals surface area contributed by atoms with Crippen molar-refractivity contribution < 1.29 is 28.6 Å². The van der Waals surface area contributed by atoms with Crippen LogP contribution in [0.3, 0.4) is 0 Å². The Balaban J connectivity index is 3.72. The van der Waals surface area contributed by atoms with Gasteiger partial charge in [-0.15, -0.1) is 0 Å². The number of esters is 1. The highest BCUT2D eigenvalue weighted by atomic mass is 16.6. The predicted octanol–water partition coefficient (Wildman–Crippen LogP) is 4.61. The van der Waals surface area contributed by atoms with Crippen molar-refractivity contribution in [3.8, 4) is 0 Å². The molecule has 0 bridgehead atoms. The quantitative estimate of drug-likeness (QED) is 0.401. The molecule has 0 unspecified atom stereocenters. The van der Waals surface area contributed by atoms with Crippen LogP contribution in [0, 0.1) is 5.92 Å². The fraction of sp³-hybridized carbons (Fsp3) is 0.808. The number of likely N-dealkylation sites (tertiary alicyclic amines) is 1. The Morgan fingerprint density at radius 2 is 1.62 bits per heavy atom. The number of carbonyl (C=O) groups excluding carboxylic acids is 3. The molecule has 2 amide bonds. The molecule has 1 fully saturated rings. The normalized spacial score (nSPS) is 24.0. The molecule has 5 atom stereocenters. The zero-order chi connectivity index (χ0) is 26.5. The Labute approximate surface area is 205 Å². The monoisotopic (exact) mass is 482 g/mol. The molecule has 0 radical (unpaired) electrons. The summed E-state index contributed by atoms with van der Waals surface area (Å²) >= 11 is 0. The zero-order valence-corrected chi connectivity index (χ0v) is 23.0. The summed E-state index contributed by atoms with van der Waals surface area (Å²) in [5.74, 6) is -0.960. The summed E-state index contributed by atoms with van der Waals surface area (Å²) in [6.45, 7) is 18.0. The minimum atomic E-state index is -0.862. The van der Waals surface area contributed by atoms with E-state index in [9.17, 15) is 14.4 Å². The standard InChI is InChI=1S/C26H46N2O6/c1-12-14-18-16-19(22(30)33-24(4,5)6)28(23(31)34-25(7,8)9)20(18)21(27-17(3)29)26(10,32-11)15-13-2/h12,14,18-21H,13,15-16H2,1-11H3,(H,27,29)/b14-12-/t18-,19-,20-,21-,26+/m1/s1. The number of methoxy groups -OCH3 is 1. The van der Waals surface area contributed by atoms with Crippen molar-refractivity contribution >= 4 is 18.0 Å². The second kappa shape index (κ2) is 11.6. The summed E-state index contributed by atoms with van der Waals surface area (Å²) in [5, 5.41) is 3.04. The number of ether oxygens (including phenoxy) is 3. The zero-order valence-electron chi connectivity index (χ0n) is 23.0. The molecule has 1 aliphatic heterocycles. The molecule has 0 aliphatic carbocycles. The van der Waals surface area contributed by atoms with Gasteiger partial charge in [-0.1, -0.05) is 25.5 Å². The van der Waals surface area contributed by atoms with Crippen LogP contribution >= 0.6 is 0 Å². The van der Waals surface area contributed by atoms with Gasteiger partial charge in [-0.3, -0.25) is 9.69 Å². The van der Waals surface area contributed by atoms with Crippen LogP contribution in [-0.4, -0.2) is 64.9 Å². The molecule has 8 heteroatoms. The number of amides is 2. The fourth-order valence-corrected chi connectivity index (χ4v) is 4.61. The van der Waals surface area contributed by atoms with E-state index < -0.39 is 47.0 Å². The molecule has 196 valence electrons. The second-order valence-corrected chi connectivity index (χ2v) is 11.3. The van der Waals surface area contributed by atoms with Crippen LogP contribution in [0.4, 0.5) is 4.79 Å². The van der Waals surface area contributed by atoms with E-state index in [0.717, 1.165) is 6.42 Å². The van der Waals surface area contributed by atoms with Gasteiger partial charge in [0.05, 0.1) is 17.7 Å². The highest BCUT2D eigenvalue weighted by Gasteiger charge is 2.55. The number of hydrogen-bond donors (Lipinski definition) is 1. The van der Waals surface area contributed by atoms with Gasteiger partial charge in [-0.25, -0.2) is 9.59 Å². The topological polar surface area (TPSA) is 94.2 Å². The van der Waals surface area contributed by atoms with Gasteiger partial charge in [0.2, 0.25) is 5.91 Å². The number of nitrogens with one attached hydrogen (secondary N) is 1. The molecule has 0 saturated carbocycles. The van der Waals surface area contributed by atoms with Crippen LogP contribution in [0.15, 0.2) is 12.2 Å². The van der Waals surface area contributed by atoms with Crippen LogP contribution in [0.1, 0.15) is 88.5 Å². The lowest BCUT2D eigenvalue weighted by Gasteiger charge is -2.45. The van der Waals surface area contributed by atoms with E-state index in [1.54, 1.807) is 48.7 Å². The van der Waals surface area contributed by atoms with Gasteiger partial charge >= 0.3 is 12.1 Å². The Bertz CT molecular complexity index is 751. The highest BCUT2D eigenvalue weighted by Crippen LogP contribution is 2.40. The van der Waals surface area contributed by atoms with Gasteiger partial charge in [0.1, 0.15) is 17.2 Å². The highest BCUT2D eigenvalue weighted by molar-refractivity contribution is 5.83. The minimum absolute atomic E-state index is 0.224. The summed E-state index contributed by atoms with van der Waals surface area (Å²) < 4.78 is 17.4. The van der Waals surface area contributed by atoms with Crippen molar-refractivity contribution in [3.05, 3.63) is 12.2 Å². The van der Waals surface area contributed by atoms with E-state index in [4.69, 9.17) is 14.2 Å². The van der Waals surface area contributed by atoms with Crippen molar-refractivity contribution in [2.75, 3.05) is 7.11 Å².